The number of benzene rings is 1. The van der Waals surface area contributed by atoms with Crippen LogP contribution >= 0.6 is 11.6 Å². The van der Waals surface area contributed by atoms with Crippen LogP contribution in [0.25, 0.3) is 0 Å². The van der Waals surface area contributed by atoms with E-state index in [9.17, 15) is 22.8 Å². The highest BCUT2D eigenvalue weighted by Crippen LogP contribution is 2.31. The van der Waals surface area contributed by atoms with E-state index in [2.05, 4.69) is 4.98 Å². The maximum atomic E-state index is 14.2. The zero-order valence-electron chi connectivity index (χ0n) is 16.0. The molecular weight excluding hydrogens is 407 g/mol. The highest BCUT2D eigenvalue weighted by atomic mass is 35.5. The summed E-state index contributed by atoms with van der Waals surface area (Å²) in [5.74, 6) is -4.97. The number of halogens is 4. The standard InChI is InChI=1S/C20H19ClF3N3O2/c1-19(2)18(29)26(17-15(22)8-14(21)9-25-17)11-16(28)27(19)10-12-4-6-13(7-5-12)20(3,23)24/h4-9H,10-11H2,1-3H3. The number of aromatic nitrogens is 1. The normalized spacial score (nSPS) is 17.1. The Morgan fingerprint density at radius 3 is 2.38 bits per heavy atom. The number of carbonyl (C=O) groups excluding carboxylic acids is 2. The van der Waals surface area contributed by atoms with E-state index in [-0.39, 0.29) is 29.5 Å². The monoisotopic (exact) mass is 425 g/mol. The fraction of sp³-hybridized carbons (Fsp3) is 0.350. The quantitative estimate of drug-likeness (QED) is 0.739. The third-order valence-electron chi connectivity index (χ3n) is 4.88. The molecule has 1 aromatic carbocycles. The lowest BCUT2D eigenvalue weighted by molar-refractivity contribution is -0.149. The Hall–Kier alpha value is -2.61. The molecule has 0 N–H and O–H groups in total. The van der Waals surface area contributed by atoms with Gasteiger partial charge < -0.3 is 4.90 Å². The van der Waals surface area contributed by atoms with Gasteiger partial charge in [-0.05, 0) is 25.5 Å². The van der Waals surface area contributed by atoms with Crippen LogP contribution in [0.4, 0.5) is 19.0 Å². The molecule has 2 aromatic rings. The molecule has 154 valence electrons. The van der Waals surface area contributed by atoms with Crippen LogP contribution in [0.3, 0.4) is 0 Å². The van der Waals surface area contributed by atoms with Crippen molar-refractivity contribution in [2.45, 2.75) is 38.8 Å². The van der Waals surface area contributed by atoms with Crippen molar-refractivity contribution < 1.29 is 22.8 Å². The minimum absolute atomic E-state index is 0.0531. The molecule has 2 amide bonds. The number of amides is 2. The highest BCUT2D eigenvalue weighted by Gasteiger charge is 2.47. The van der Waals surface area contributed by atoms with E-state index in [4.69, 9.17) is 11.6 Å². The second-order valence-corrected chi connectivity index (χ2v) is 7.91. The first kappa shape index (κ1) is 21.1. The van der Waals surface area contributed by atoms with E-state index in [1.165, 1.54) is 35.4 Å². The van der Waals surface area contributed by atoms with Crippen molar-refractivity contribution in [2.75, 3.05) is 11.4 Å². The van der Waals surface area contributed by atoms with Crippen LogP contribution < -0.4 is 4.90 Å². The van der Waals surface area contributed by atoms with Gasteiger partial charge in [0.1, 0.15) is 12.1 Å². The van der Waals surface area contributed by atoms with Crippen molar-refractivity contribution in [3.05, 3.63) is 58.5 Å². The van der Waals surface area contributed by atoms with Gasteiger partial charge in [0.15, 0.2) is 11.6 Å². The molecule has 1 aromatic heterocycles. The van der Waals surface area contributed by atoms with Crippen molar-refractivity contribution in [1.29, 1.82) is 0 Å². The lowest BCUT2D eigenvalue weighted by Crippen LogP contribution is -2.65. The lowest BCUT2D eigenvalue weighted by Gasteiger charge is -2.45. The topological polar surface area (TPSA) is 53.5 Å². The van der Waals surface area contributed by atoms with Crippen molar-refractivity contribution in [3.8, 4) is 0 Å². The second kappa shape index (κ2) is 7.33. The number of anilines is 1. The highest BCUT2D eigenvalue weighted by molar-refractivity contribution is 6.30. The SMILES string of the molecule is CC(F)(F)c1ccc(CN2C(=O)CN(c3ncc(Cl)cc3F)C(=O)C2(C)C)cc1. The molecule has 0 aliphatic carbocycles. The van der Waals surface area contributed by atoms with Crippen LogP contribution in [-0.4, -0.2) is 33.8 Å². The number of piperazine rings is 1. The van der Waals surface area contributed by atoms with Crippen molar-refractivity contribution >= 4 is 29.2 Å². The summed E-state index contributed by atoms with van der Waals surface area (Å²) in [4.78, 5) is 32.0. The molecule has 0 unspecified atom stereocenters. The molecule has 3 rings (SSSR count). The molecule has 29 heavy (non-hydrogen) atoms. The Morgan fingerprint density at radius 1 is 1.21 bits per heavy atom. The van der Waals surface area contributed by atoms with Crippen LogP contribution in [0.15, 0.2) is 36.5 Å². The zero-order chi connectivity index (χ0) is 21.6. The fourth-order valence-electron chi connectivity index (χ4n) is 3.20. The predicted molar refractivity (Wildman–Crippen MR) is 102 cm³/mol. The van der Waals surface area contributed by atoms with E-state index in [0.29, 0.717) is 5.56 Å². The first-order valence-electron chi connectivity index (χ1n) is 8.82. The minimum atomic E-state index is -2.97. The van der Waals surface area contributed by atoms with Gasteiger partial charge in [0.05, 0.1) is 5.02 Å². The molecule has 5 nitrogen and oxygen atoms in total. The molecule has 0 atom stereocenters. The number of hydrogen-bond acceptors (Lipinski definition) is 3. The second-order valence-electron chi connectivity index (χ2n) is 7.47. The summed E-state index contributed by atoms with van der Waals surface area (Å²) in [6, 6.07) is 6.59. The van der Waals surface area contributed by atoms with Crippen LogP contribution in [0, 0.1) is 5.82 Å². The summed E-state index contributed by atoms with van der Waals surface area (Å²) < 4.78 is 41.0. The van der Waals surface area contributed by atoms with E-state index in [1.807, 2.05) is 0 Å². The summed E-state index contributed by atoms with van der Waals surface area (Å²) in [6.07, 6.45) is 1.20. The number of pyridine rings is 1. The van der Waals surface area contributed by atoms with Gasteiger partial charge >= 0.3 is 0 Å². The molecule has 1 saturated heterocycles. The van der Waals surface area contributed by atoms with Crippen LogP contribution in [-0.2, 0) is 22.1 Å². The first-order valence-corrected chi connectivity index (χ1v) is 9.20. The summed E-state index contributed by atoms with van der Waals surface area (Å²) >= 11 is 5.70. The van der Waals surface area contributed by atoms with E-state index < -0.39 is 29.1 Å². The Labute approximate surface area is 171 Å². The summed E-state index contributed by atoms with van der Waals surface area (Å²) in [5, 5.41) is 0.0732. The Bertz CT molecular complexity index is 958. The van der Waals surface area contributed by atoms with E-state index in [1.54, 1.807) is 13.8 Å². The lowest BCUT2D eigenvalue weighted by atomic mass is 9.95. The van der Waals surface area contributed by atoms with Crippen LogP contribution in [0.1, 0.15) is 31.9 Å². The van der Waals surface area contributed by atoms with E-state index in [0.717, 1.165) is 17.9 Å². The summed E-state index contributed by atoms with van der Waals surface area (Å²) in [5.41, 5.74) is -0.843. The summed E-state index contributed by atoms with van der Waals surface area (Å²) in [6.45, 7) is 3.55. The number of carbonyl (C=O) groups is 2. The van der Waals surface area contributed by atoms with Gasteiger partial charge in [-0.2, -0.15) is 0 Å². The van der Waals surface area contributed by atoms with Gasteiger partial charge in [-0.15, -0.1) is 0 Å². The maximum Gasteiger partial charge on any atom is 0.270 e. The molecule has 0 saturated carbocycles. The summed E-state index contributed by atoms with van der Waals surface area (Å²) in [7, 11) is 0. The van der Waals surface area contributed by atoms with Crippen LogP contribution in [0.5, 0.6) is 0 Å². The third kappa shape index (κ3) is 4.07. The molecule has 0 bridgehead atoms. The molecule has 1 aliphatic heterocycles. The molecule has 0 spiro atoms. The van der Waals surface area contributed by atoms with Gasteiger partial charge in [-0.1, -0.05) is 35.9 Å². The Morgan fingerprint density at radius 2 is 1.83 bits per heavy atom. The Kier molecular flexibility index (Phi) is 5.34. The number of rotatable bonds is 4. The van der Waals surface area contributed by atoms with Gasteiger partial charge in [-0.25, -0.2) is 18.2 Å². The van der Waals surface area contributed by atoms with Gasteiger partial charge in [0, 0.05) is 25.2 Å². The zero-order valence-corrected chi connectivity index (χ0v) is 16.8. The molecule has 1 fully saturated rings. The smallest absolute Gasteiger partial charge is 0.270 e. The number of alkyl halides is 2. The molecule has 0 radical (unpaired) electrons. The number of nitrogens with zero attached hydrogens (tertiary/aromatic N) is 3. The Balaban J connectivity index is 1.86. The average Bonchev–Trinajstić information content (AvgIpc) is 2.62. The third-order valence-corrected chi connectivity index (χ3v) is 5.09. The minimum Gasteiger partial charge on any atom is -0.323 e. The molecular formula is C20H19ClF3N3O2. The first-order chi connectivity index (χ1) is 13.4. The maximum absolute atomic E-state index is 14.2. The predicted octanol–water partition coefficient (Wildman–Crippen LogP) is 4.14. The van der Waals surface area contributed by atoms with Crippen molar-refractivity contribution in [2.24, 2.45) is 0 Å². The van der Waals surface area contributed by atoms with Gasteiger partial charge in [0.2, 0.25) is 5.91 Å². The molecule has 9 heteroatoms. The van der Waals surface area contributed by atoms with E-state index >= 15 is 0 Å². The van der Waals surface area contributed by atoms with Gasteiger partial charge in [0.25, 0.3) is 11.8 Å². The largest absolute Gasteiger partial charge is 0.323 e. The van der Waals surface area contributed by atoms with Gasteiger partial charge in [-0.3, -0.25) is 14.5 Å². The fourth-order valence-corrected chi connectivity index (χ4v) is 3.34. The van der Waals surface area contributed by atoms with Crippen molar-refractivity contribution in [1.82, 2.24) is 9.88 Å². The molecule has 1 aliphatic rings. The molecule has 2 heterocycles. The average molecular weight is 426 g/mol. The van der Waals surface area contributed by atoms with Crippen LogP contribution in [0.2, 0.25) is 5.02 Å². The van der Waals surface area contributed by atoms with Crippen molar-refractivity contribution in [3.63, 3.8) is 0 Å². The number of hydrogen-bond donors (Lipinski definition) is 0.